The summed E-state index contributed by atoms with van der Waals surface area (Å²) in [7, 11) is 0. The molecule has 0 spiro atoms. The van der Waals surface area contributed by atoms with Gasteiger partial charge >= 0.3 is 0 Å². The third-order valence-electron chi connectivity index (χ3n) is 4.35. The van der Waals surface area contributed by atoms with Gasteiger partial charge in [0, 0.05) is 18.7 Å². The fourth-order valence-electron chi connectivity index (χ4n) is 2.69. The number of amides is 1. The Morgan fingerprint density at radius 3 is 2.63 bits per heavy atom. The molecule has 0 saturated carbocycles. The molecule has 0 radical (unpaired) electrons. The van der Waals surface area contributed by atoms with Crippen LogP contribution in [0, 0.1) is 5.41 Å². The molecule has 1 fully saturated rings. The largest absolute Gasteiger partial charge is 0.356 e. The number of nitrogens with zero attached hydrogens (tertiary/aromatic N) is 4. The van der Waals surface area contributed by atoms with Crippen LogP contribution in [0.25, 0.3) is 5.69 Å². The summed E-state index contributed by atoms with van der Waals surface area (Å²) in [5, 5.41) is 19.2. The van der Waals surface area contributed by atoms with E-state index in [1.165, 1.54) is 11.3 Å². The van der Waals surface area contributed by atoms with Crippen molar-refractivity contribution in [1.29, 1.82) is 5.41 Å². The van der Waals surface area contributed by atoms with E-state index in [4.69, 9.17) is 17.0 Å². The molecule has 1 aromatic carbocycles. The van der Waals surface area contributed by atoms with Gasteiger partial charge < -0.3 is 10.2 Å². The molecule has 0 atom stereocenters. The molecular weight excluding hydrogens is 384 g/mol. The molecular formula is C18H17ClN6OS. The van der Waals surface area contributed by atoms with Crippen LogP contribution in [-0.2, 0) is 6.54 Å². The summed E-state index contributed by atoms with van der Waals surface area (Å²) in [6.45, 7) is 2.19. The first-order chi connectivity index (χ1) is 13.1. The van der Waals surface area contributed by atoms with Gasteiger partial charge in [-0.25, -0.2) is 4.68 Å². The first kappa shape index (κ1) is 17.7. The molecule has 7 nitrogen and oxygen atoms in total. The molecule has 9 heteroatoms. The minimum Gasteiger partial charge on any atom is -0.356 e. The predicted molar refractivity (Wildman–Crippen MR) is 105 cm³/mol. The first-order valence-electron chi connectivity index (χ1n) is 8.49. The third kappa shape index (κ3) is 3.86. The summed E-state index contributed by atoms with van der Waals surface area (Å²) < 4.78 is 2.23. The molecule has 138 valence electrons. The highest BCUT2D eigenvalue weighted by molar-refractivity contribution is 7.17. The van der Waals surface area contributed by atoms with Gasteiger partial charge in [-0.05, 0) is 42.8 Å². The zero-order valence-electron chi connectivity index (χ0n) is 14.4. The molecule has 1 saturated heterocycles. The fourth-order valence-corrected chi connectivity index (χ4v) is 3.65. The van der Waals surface area contributed by atoms with Crippen LogP contribution in [-0.4, -0.2) is 44.7 Å². The van der Waals surface area contributed by atoms with Crippen molar-refractivity contribution in [3.8, 4) is 5.69 Å². The molecule has 3 aromatic rings. The van der Waals surface area contributed by atoms with E-state index in [-0.39, 0.29) is 12.5 Å². The first-order valence-corrected chi connectivity index (χ1v) is 9.69. The van der Waals surface area contributed by atoms with Crippen LogP contribution in [0.1, 0.15) is 27.3 Å². The van der Waals surface area contributed by atoms with Crippen molar-refractivity contribution in [1.82, 2.24) is 25.2 Å². The second-order valence-corrected chi connectivity index (χ2v) is 7.89. The summed E-state index contributed by atoms with van der Waals surface area (Å²) in [6, 6.07) is 11.0. The summed E-state index contributed by atoms with van der Waals surface area (Å²) in [4.78, 5) is 14.7. The van der Waals surface area contributed by atoms with Crippen LogP contribution >= 0.6 is 22.9 Å². The van der Waals surface area contributed by atoms with Crippen LogP contribution < -0.4 is 5.32 Å². The minimum absolute atomic E-state index is 0.185. The number of carbonyl (C=O) groups is 1. The number of likely N-dealkylation sites (tertiary alicyclic amines) is 1. The lowest BCUT2D eigenvalue weighted by atomic mass is 10.1. The molecule has 0 unspecified atom stereocenters. The Bertz CT molecular complexity index is 976. The molecule has 1 amide bonds. The Labute approximate surface area is 165 Å². The van der Waals surface area contributed by atoms with E-state index in [1.807, 2.05) is 29.2 Å². The lowest BCUT2D eigenvalue weighted by Gasteiger charge is -2.33. The molecule has 1 aliphatic rings. The number of carbonyl (C=O) groups excluding carboxylic acids is 1. The maximum Gasteiger partial charge on any atom is 0.261 e. The monoisotopic (exact) mass is 400 g/mol. The number of nitrogens with one attached hydrogen (secondary N) is 2. The average Bonchev–Trinajstić information content (AvgIpc) is 3.27. The lowest BCUT2D eigenvalue weighted by molar-refractivity contribution is 0.0954. The van der Waals surface area contributed by atoms with E-state index in [1.54, 1.807) is 23.0 Å². The standard InChI is InChI=1S/C18H17ClN6OS/c19-16-7-6-15(27-16)18(26)21-10-13-11-25(23-22-13)14-4-2-12(3-5-14)17(20)24-8-1-9-24/h2-7,11,20H,1,8-10H2,(H,21,26). The number of benzene rings is 1. The molecule has 1 aliphatic heterocycles. The van der Waals surface area contributed by atoms with Gasteiger partial charge in [0.25, 0.3) is 5.91 Å². The molecule has 27 heavy (non-hydrogen) atoms. The smallest absolute Gasteiger partial charge is 0.261 e. The number of hydrogen-bond donors (Lipinski definition) is 2. The van der Waals surface area contributed by atoms with Crippen LogP contribution in [0.2, 0.25) is 4.34 Å². The molecule has 2 aromatic heterocycles. The fraction of sp³-hybridized carbons (Fsp3) is 0.222. The van der Waals surface area contributed by atoms with Crippen LogP contribution in [0.15, 0.2) is 42.6 Å². The molecule has 3 heterocycles. The van der Waals surface area contributed by atoms with Crippen molar-refractivity contribution in [3.63, 3.8) is 0 Å². The highest BCUT2D eigenvalue weighted by Crippen LogP contribution is 2.21. The van der Waals surface area contributed by atoms with Gasteiger partial charge in [-0.2, -0.15) is 0 Å². The number of amidine groups is 1. The van der Waals surface area contributed by atoms with Gasteiger partial charge in [0.05, 0.1) is 27.6 Å². The summed E-state index contributed by atoms with van der Waals surface area (Å²) >= 11 is 7.08. The Kier molecular flexibility index (Phi) is 4.91. The summed E-state index contributed by atoms with van der Waals surface area (Å²) in [6.07, 6.45) is 2.93. The second-order valence-electron chi connectivity index (χ2n) is 6.18. The normalized spacial score (nSPS) is 13.3. The van der Waals surface area contributed by atoms with Crippen molar-refractivity contribution in [3.05, 3.63) is 63.1 Å². The van der Waals surface area contributed by atoms with Crippen LogP contribution in [0.5, 0.6) is 0 Å². The molecule has 4 rings (SSSR count). The minimum atomic E-state index is -0.185. The van der Waals surface area contributed by atoms with Gasteiger partial charge in [-0.1, -0.05) is 16.8 Å². The van der Waals surface area contributed by atoms with Crippen LogP contribution in [0.3, 0.4) is 0 Å². The van der Waals surface area contributed by atoms with E-state index in [2.05, 4.69) is 15.6 Å². The summed E-state index contributed by atoms with van der Waals surface area (Å²) in [5.41, 5.74) is 2.40. The highest BCUT2D eigenvalue weighted by atomic mass is 35.5. The van der Waals surface area contributed by atoms with Gasteiger partial charge in [0.2, 0.25) is 0 Å². The van der Waals surface area contributed by atoms with E-state index in [0.29, 0.717) is 20.7 Å². The second kappa shape index (κ2) is 7.50. The van der Waals surface area contributed by atoms with Gasteiger partial charge in [0.15, 0.2) is 0 Å². The third-order valence-corrected chi connectivity index (χ3v) is 5.58. The summed E-state index contributed by atoms with van der Waals surface area (Å²) in [5.74, 6) is 0.374. The van der Waals surface area contributed by atoms with E-state index >= 15 is 0 Å². The Balaban J connectivity index is 1.38. The SMILES string of the molecule is N=C(c1ccc(-n2cc(CNC(=O)c3ccc(Cl)s3)nn2)cc1)N1CCC1. The number of thiophene rings is 1. The number of aromatic nitrogens is 3. The van der Waals surface area contributed by atoms with Crippen LogP contribution in [0.4, 0.5) is 0 Å². The zero-order valence-corrected chi connectivity index (χ0v) is 15.9. The Morgan fingerprint density at radius 1 is 1.22 bits per heavy atom. The number of hydrogen-bond acceptors (Lipinski definition) is 5. The van der Waals surface area contributed by atoms with Crippen molar-refractivity contribution in [2.45, 2.75) is 13.0 Å². The van der Waals surface area contributed by atoms with Crippen molar-refractivity contribution >= 4 is 34.7 Å². The van der Waals surface area contributed by atoms with Gasteiger partial charge in [-0.3, -0.25) is 10.2 Å². The van der Waals surface area contributed by atoms with Gasteiger partial charge in [-0.15, -0.1) is 16.4 Å². The molecule has 0 bridgehead atoms. The van der Waals surface area contributed by atoms with Crippen molar-refractivity contribution < 1.29 is 4.79 Å². The van der Waals surface area contributed by atoms with Crippen molar-refractivity contribution in [2.75, 3.05) is 13.1 Å². The molecule has 0 aliphatic carbocycles. The maximum atomic E-state index is 12.1. The molecule has 2 N–H and O–H groups in total. The number of rotatable bonds is 5. The Morgan fingerprint density at radius 2 is 2.00 bits per heavy atom. The van der Waals surface area contributed by atoms with E-state index in [0.717, 1.165) is 30.8 Å². The predicted octanol–water partition coefficient (Wildman–Crippen LogP) is 2.94. The zero-order chi connectivity index (χ0) is 18.8. The van der Waals surface area contributed by atoms with E-state index in [9.17, 15) is 4.79 Å². The maximum absolute atomic E-state index is 12.1. The number of halogens is 1. The van der Waals surface area contributed by atoms with E-state index < -0.39 is 0 Å². The van der Waals surface area contributed by atoms with Crippen molar-refractivity contribution in [2.24, 2.45) is 0 Å². The highest BCUT2D eigenvalue weighted by Gasteiger charge is 2.18. The Hall–Kier alpha value is -2.71. The lowest BCUT2D eigenvalue weighted by Crippen LogP contribution is -2.42. The van der Waals surface area contributed by atoms with Gasteiger partial charge in [0.1, 0.15) is 11.5 Å². The topological polar surface area (TPSA) is 86.9 Å². The quantitative estimate of drug-likeness (QED) is 0.509. The average molecular weight is 401 g/mol.